The lowest BCUT2D eigenvalue weighted by Gasteiger charge is -2.41. The first-order valence-corrected chi connectivity index (χ1v) is 11.8. The van der Waals surface area contributed by atoms with Crippen molar-refractivity contribution < 1.29 is 13.2 Å². The first-order chi connectivity index (χ1) is 13.4. The van der Waals surface area contributed by atoms with Gasteiger partial charge in [0, 0.05) is 31.9 Å². The van der Waals surface area contributed by atoms with Gasteiger partial charge in [-0.05, 0) is 58.2 Å². The fourth-order valence-corrected chi connectivity index (χ4v) is 5.45. The smallest absolute Gasteiger partial charge is 0.224 e. The number of hydrogen-bond acceptors (Lipinski definition) is 5. The molecule has 3 heterocycles. The van der Waals surface area contributed by atoms with Crippen molar-refractivity contribution in [3.05, 3.63) is 30.1 Å². The normalized spacial score (nSPS) is 23.0. The van der Waals surface area contributed by atoms with Crippen LogP contribution >= 0.6 is 0 Å². The lowest BCUT2D eigenvalue weighted by Crippen LogP contribution is -2.52. The number of carbonyl (C=O) groups is 1. The number of nitrogens with one attached hydrogen (secondary N) is 1. The molecule has 0 aromatic carbocycles. The lowest BCUT2D eigenvalue weighted by molar-refractivity contribution is -0.127. The standard InChI is InChI=1S/C20H32N4O3S/c1-16(2)28(26,27)24-12-8-19(9-13-24)23-11-5-6-17(15-23)20(25)22-14-18-7-3-4-10-21-18/h3-4,7,10,16-17,19H,5-6,8-9,11-15H2,1-2H3,(H,22,25). The van der Waals surface area contributed by atoms with Gasteiger partial charge in [-0.2, -0.15) is 0 Å². The Labute approximate surface area is 168 Å². The van der Waals surface area contributed by atoms with Gasteiger partial charge in [-0.1, -0.05) is 6.07 Å². The maximum atomic E-state index is 12.6. The number of sulfonamides is 1. The van der Waals surface area contributed by atoms with E-state index in [1.807, 2.05) is 18.2 Å². The second-order valence-corrected chi connectivity index (χ2v) is 10.6. The molecule has 0 saturated carbocycles. The van der Waals surface area contributed by atoms with E-state index in [1.165, 1.54) is 0 Å². The van der Waals surface area contributed by atoms with Crippen molar-refractivity contribution in [1.29, 1.82) is 0 Å². The van der Waals surface area contributed by atoms with E-state index < -0.39 is 10.0 Å². The van der Waals surface area contributed by atoms with Gasteiger partial charge in [-0.3, -0.25) is 14.7 Å². The van der Waals surface area contributed by atoms with Crippen molar-refractivity contribution in [2.45, 2.75) is 57.4 Å². The van der Waals surface area contributed by atoms with Gasteiger partial charge in [0.25, 0.3) is 0 Å². The van der Waals surface area contributed by atoms with Gasteiger partial charge in [0.2, 0.25) is 15.9 Å². The highest BCUT2D eigenvalue weighted by Crippen LogP contribution is 2.25. The summed E-state index contributed by atoms with van der Waals surface area (Å²) in [6.07, 6.45) is 5.33. The van der Waals surface area contributed by atoms with Gasteiger partial charge in [0.05, 0.1) is 23.4 Å². The molecule has 3 rings (SSSR count). The highest BCUT2D eigenvalue weighted by Gasteiger charge is 2.35. The van der Waals surface area contributed by atoms with Crippen LogP contribution in [0.4, 0.5) is 0 Å². The predicted molar refractivity (Wildman–Crippen MR) is 109 cm³/mol. The summed E-state index contributed by atoms with van der Waals surface area (Å²) in [5.41, 5.74) is 0.863. The van der Waals surface area contributed by atoms with Crippen molar-refractivity contribution in [2.75, 3.05) is 26.2 Å². The van der Waals surface area contributed by atoms with E-state index in [1.54, 1.807) is 24.3 Å². The van der Waals surface area contributed by atoms with Crippen LogP contribution in [0.25, 0.3) is 0 Å². The fourth-order valence-electron chi connectivity index (χ4n) is 4.14. The molecule has 2 saturated heterocycles. The monoisotopic (exact) mass is 408 g/mol. The molecule has 0 bridgehead atoms. The van der Waals surface area contributed by atoms with Crippen LogP contribution in [0.15, 0.2) is 24.4 Å². The van der Waals surface area contributed by atoms with Gasteiger partial charge < -0.3 is 5.32 Å². The quantitative estimate of drug-likeness (QED) is 0.773. The molecule has 2 fully saturated rings. The van der Waals surface area contributed by atoms with Crippen LogP contribution in [0.3, 0.4) is 0 Å². The van der Waals surface area contributed by atoms with E-state index in [0.717, 1.165) is 44.5 Å². The summed E-state index contributed by atoms with van der Waals surface area (Å²) in [6.45, 7) is 6.85. The Balaban J connectivity index is 1.49. The number of pyridine rings is 1. The van der Waals surface area contributed by atoms with Gasteiger partial charge in [-0.25, -0.2) is 12.7 Å². The molecule has 1 aromatic rings. The number of rotatable bonds is 6. The van der Waals surface area contributed by atoms with Crippen LogP contribution in [0.1, 0.15) is 45.2 Å². The molecule has 1 unspecified atom stereocenters. The summed E-state index contributed by atoms with van der Waals surface area (Å²) < 4.78 is 26.3. The van der Waals surface area contributed by atoms with Crippen LogP contribution < -0.4 is 5.32 Å². The minimum absolute atomic E-state index is 0.00473. The molecule has 28 heavy (non-hydrogen) atoms. The summed E-state index contributed by atoms with van der Waals surface area (Å²) in [6, 6.07) is 6.06. The zero-order valence-electron chi connectivity index (χ0n) is 16.9. The number of piperidine rings is 2. The van der Waals surface area contributed by atoms with E-state index in [9.17, 15) is 13.2 Å². The van der Waals surface area contributed by atoms with Gasteiger partial charge in [-0.15, -0.1) is 0 Å². The predicted octanol–water partition coefficient (Wildman–Crippen LogP) is 1.61. The van der Waals surface area contributed by atoms with Crippen molar-refractivity contribution in [1.82, 2.24) is 19.5 Å². The van der Waals surface area contributed by atoms with E-state index in [2.05, 4.69) is 15.2 Å². The summed E-state index contributed by atoms with van der Waals surface area (Å²) in [5.74, 6) is 0.0880. The molecular weight excluding hydrogens is 376 g/mol. The van der Waals surface area contributed by atoms with E-state index in [4.69, 9.17) is 0 Å². The number of amides is 1. The third kappa shape index (κ3) is 5.10. The van der Waals surface area contributed by atoms with Crippen LogP contribution in [-0.2, 0) is 21.4 Å². The van der Waals surface area contributed by atoms with Crippen LogP contribution in [-0.4, -0.2) is 66.0 Å². The molecule has 1 aromatic heterocycles. The largest absolute Gasteiger partial charge is 0.350 e. The zero-order chi connectivity index (χ0) is 20.1. The number of hydrogen-bond donors (Lipinski definition) is 1. The zero-order valence-corrected chi connectivity index (χ0v) is 17.7. The van der Waals surface area contributed by atoms with Crippen molar-refractivity contribution >= 4 is 15.9 Å². The third-order valence-corrected chi connectivity index (χ3v) is 8.17. The van der Waals surface area contributed by atoms with E-state index >= 15 is 0 Å². The molecule has 2 aliphatic heterocycles. The second-order valence-electron chi connectivity index (χ2n) is 8.10. The maximum absolute atomic E-state index is 12.6. The Bertz CT molecular complexity index is 746. The van der Waals surface area contributed by atoms with Crippen molar-refractivity contribution in [3.63, 3.8) is 0 Å². The molecule has 0 radical (unpaired) electrons. The van der Waals surface area contributed by atoms with Gasteiger partial charge in [0.15, 0.2) is 0 Å². The highest BCUT2D eigenvalue weighted by molar-refractivity contribution is 7.89. The Morgan fingerprint density at radius 2 is 1.96 bits per heavy atom. The molecule has 7 nitrogen and oxygen atoms in total. The SMILES string of the molecule is CC(C)S(=O)(=O)N1CCC(N2CCCC(C(=O)NCc3ccccn3)C2)CC1. The first-order valence-electron chi connectivity index (χ1n) is 10.3. The van der Waals surface area contributed by atoms with Crippen LogP contribution in [0, 0.1) is 5.92 Å². The third-order valence-electron chi connectivity index (χ3n) is 5.89. The topological polar surface area (TPSA) is 82.6 Å². The lowest BCUT2D eigenvalue weighted by atomic mass is 9.93. The van der Waals surface area contributed by atoms with E-state index in [-0.39, 0.29) is 17.1 Å². The minimum Gasteiger partial charge on any atom is -0.350 e. The fraction of sp³-hybridized carbons (Fsp3) is 0.700. The number of nitrogens with zero attached hydrogens (tertiary/aromatic N) is 3. The Kier molecular flexibility index (Phi) is 7.06. The molecule has 0 spiro atoms. The molecule has 8 heteroatoms. The molecule has 156 valence electrons. The summed E-state index contributed by atoms with van der Waals surface area (Å²) >= 11 is 0. The Morgan fingerprint density at radius 1 is 1.21 bits per heavy atom. The first kappa shape index (κ1) is 21.2. The molecule has 2 aliphatic rings. The average molecular weight is 409 g/mol. The Hall–Kier alpha value is -1.51. The van der Waals surface area contributed by atoms with Crippen LogP contribution in [0.2, 0.25) is 0 Å². The molecule has 1 atom stereocenters. The number of carbonyl (C=O) groups excluding carboxylic acids is 1. The molecule has 1 amide bonds. The van der Waals surface area contributed by atoms with Gasteiger partial charge >= 0.3 is 0 Å². The number of likely N-dealkylation sites (tertiary alicyclic amines) is 1. The molecule has 0 aliphatic carbocycles. The Morgan fingerprint density at radius 3 is 2.61 bits per heavy atom. The number of aromatic nitrogens is 1. The van der Waals surface area contributed by atoms with Crippen molar-refractivity contribution in [2.24, 2.45) is 5.92 Å². The summed E-state index contributed by atoms with van der Waals surface area (Å²) in [7, 11) is -3.17. The van der Waals surface area contributed by atoms with Crippen LogP contribution in [0.5, 0.6) is 0 Å². The molecule has 1 N–H and O–H groups in total. The molecular formula is C20H32N4O3S. The minimum atomic E-state index is -3.17. The summed E-state index contributed by atoms with van der Waals surface area (Å²) in [5, 5.41) is 2.65. The summed E-state index contributed by atoms with van der Waals surface area (Å²) in [4.78, 5) is 19.2. The van der Waals surface area contributed by atoms with E-state index in [0.29, 0.717) is 25.7 Å². The highest BCUT2D eigenvalue weighted by atomic mass is 32.2. The maximum Gasteiger partial charge on any atom is 0.224 e. The second kappa shape index (κ2) is 9.33. The van der Waals surface area contributed by atoms with Gasteiger partial charge in [0.1, 0.15) is 0 Å². The average Bonchev–Trinajstić information content (AvgIpc) is 2.73. The van der Waals surface area contributed by atoms with Crippen molar-refractivity contribution in [3.8, 4) is 0 Å².